The Hall–Kier alpha value is -1.91. The highest BCUT2D eigenvalue weighted by Gasteiger charge is 2.51. The number of carbonyl (C=O) groups excluding carboxylic acids is 2. The number of benzene rings is 1. The average Bonchev–Trinajstić information content (AvgIpc) is 2.56. The lowest BCUT2D eigenvalue weighted by atomic mass is 9.79. The number of hydrogen-bond donors (Lipinski definition) is 1. The van der Waals surface area contributed by atoms with Crippen LogP contribution in [0.4, 0.5) is 15.8 Å². The number of amides is 2. The molecule has 5 heteroatoms. The molecule has 1 saturated carbocycles. The van der Waals surface area contributed by atoms with E-state index >= 15 is 0 Å². The van der Waals surface area contributed by atoms with Crippen molar-refractivity contribution < 1.29 is 14.0 Å². The second-order valence-electron chi connectivity index (χ2n) is 6.15. The molecule has 2 fully saturated rings. The smallest absolute Gasteiger partial charge is 0.240 e. The van der Waals surface area contributed by atoms with Crippen molar-refractivity contribution in [1.82, 2.24) is 0 Å². The van der Waals surface area contributed by atoms with Crippen LogP contribution in [0.5, 0.6) is 0 Å². The van der Waals surface area contributed by atoms with E-state index in [0.717, 1.165) is 43.4 Å². The van der Waals surface area contributed by atoms with E-state index in [1.807, 2.05) is 0 Å². The van der Waals surface area contributed by atoms with Crippen molar-refractivity contribution in [3.05, 3.63) is 24.0 Å². The summed E-state index contributed by atoms with van der Waals surface area (Å²) < 4.78 is 13.5. The van der Waals surface area contributed by atoms with Gasteiger partial charge in [0.15, 0.2) is 0 Å². The van der Waals surface area contributed by atoms with Crippen LogP contribution in [0.2, 0.25) is 0 Å². The maximum atomic E-state index is 13.5. The zero-order valence-corrected chi connectivity index (χ0v) is 11.9. The molecule has 1 aliphatic carbocycles. The number of carbonyl (C=O) groups is 2. The van der Waals surface area contributed by atoms with E-state index in [-0.39, 0.29) is 29.6 Å². The molecule has 0 radical (unpaired) electrons. The van der Waals surface area contributed by atoms with Gasteiger partial charge in [0.05, 0.1) is 11.1 Å². The van der Waals surface area contributed by atoms with Gasteiger partial charge in [0.2, 0.25) is 11.8 Å². The lowest BCUT2D eigenvalue weighted by Gasteiger charge is -2.25. The number of nitrogens with two attached hydrogens (primary N) is 1. The van der Waals surface area contributed by atoms with Gasteiger partial charge in [0, 0.05) is 12.1 Å². The summed E-state index contributed by atoms with van der Waals surface area (Å²) in [6, 6.07) is 3.85. The predicted molar refractivity (Wildman–Crippen MR) is 78.1 cm³/mol. The molecule has 2 amide bonds. The Labute approximate surface area is 123 Å². The Bertz CT molecular complexity index is 572. The minimum atomic E-state index is -0.575. The van der Waals surface area contributed by atoms with E-state index in [2.05, 4.69) is 0 Å². The molecule has 0 unspecified atom stereocenters. The van der Waals surface area contributed by atoms with Crippen LogP contribution >= 0.6 is 0 Å². The zero-order valence-electron chi connectivity index (χ0n) is 11.9. The van der Waals surface area contributed by atoms with Crippen LogP contribution in [0, 0.1) is 11.2 Å². The number of anilines is 2. The van der Waals surface area contributed by atoms with Crippen LogP contribution in [0.1, 0.15) is 44.9 Å². The molecule has 3 rings (SSSR count). The third kappa shape index (κ3) is 2.41. The fourth-order valence-corrected chi connectivity index (χ4v) is 3.58. The minimum absolute atomic E-state index is 0.181. The molecule has 1 aromatic carbocycles. The first kappa shape index (κ1) is 14.0. The summed E-state index contributed by atoms with van der Waals surface area (Å²) in [5, 5.41) is 0. The van der Waals surface area contributed by atoms with Crippen molar-refractivity contribution >= 4 is 23.2 Å². The summed E-state index contributed by atoms with van der Waals surface area (Å²) >= 11 is 0. The fraction of sp³-hybridized carbons (Fsp3) is 0.500. The van der Waals surface area contributed by atoms with Crippen molar-refractivity contribution in [3.8, 4) is 0 Å². The minimum Gasteiger partial charge on any atom is -0.399 e. The fourth-order valence-electron chi connectivity index (χ4n) is 3.58. The van der Waals surface area contributed by atoms with Gasteiger partial charge < -0.3 is 5.73 Å². The summed E-state index contributed by atoms with van der Waals surface area (Å²) in [6.45, 7) is 0. The van der Waals surface area contributed by atoms with Crippen molar-refractivity contribution in [3.63, 3.8) is 0 Å². The molecule has 2 aliphatic rings. The Morgan fingerprint density at radius 3 is 2.33 bits per heavy atom. The molecule has 1 saturated heterocycles. The standard InChI is InChI=1S/C16H19FN2O2/c17-11-7-12(18)9-13(8-11)19-14(20)10-16(15(19)21)5-3-1-2-4-6-16/h7-9H,1-6,10,18H2. The second-order valence-corrected chi connectivity index (χ2v) is 6.15. The molecule has 4 nitrogen and oxygen atoms in total. The monoisotopic (exact) mass is 290 g/mol. The van der Waals surface area contributed by atoms with Crippen LogP contribution in [0.15, 0.2) is 18.2 Å². The van der Waals surface area contributed by atoms with E-state index in [1.165, 1.54) is 18.2 Å². The summed E-state index contributed by atoms with van der Waals surface area (Å²) in [5.41, 5.74) is 5.52. The van der Waals surface area contributed by atoms with Crippen LogP contribution in [0.25, 0.3) is 0 Å². The predicted octanol–water partition coefficient (Wildman–Crippen LogP) is 3.01. The van der Waals surface area contributed by atoms with Gasteiger partial charge in [-0.2, -0.15) is 0 Å². The normalized spacial score (nSPS) is 21.9. The van der Waals surface area contributed by atoms with Gasteiger partial charge in [-0.05, 0) is 31.0 Å². The number of nitrogens with zero attached hydrogens (tertiary/aromatic N) is 1. The van der Waals surface area contributed by atoms with Crippen molar-refractivity contribution in [1.29, 1.82) is 0 Å². The van der Waals surface area contributed by atoms with Gasteiger partial charge in [-0.25, -0.2) is 9.29 Å². The van der Waals surface area contributed by atoms with Gasteiger partial charge in [-0.1, -0.05) is 25.7 Å². The van der Waals surface area contributed by atoms with Crippen molar-refractivity contribution in [2.24, 2.45) is 5.41 Å². The van der Waals surface area contributed by atoms with Crippen molar-refractivity contribution in [2.45, 2.75) is 44.9 Å². The number of rotatable bonds is 1. The topological polar surface area (TPSA) is 63.4 Å². The van der Waals surface area contributed by atoms with Gasteiger partial charge in [-0.15, -0.1) is 0 Å². The third-order valence-corrected chi connectivity index (χ3v) is 4.62. The summed E-state index contributed by atoms with van der Waals surface area (Å²) in [4.78, 5) is 26.3. The molecule has 1 aromatic rings. The first-order valence-electron chi connectivity index (χ1n) is 7.45. The lowest BCUT2D eigenvalue weighted by Crippen LogP contribution is -2.35. The molecular weight excluding hydrogens is 271 g/mol. The van der Waals surface area contributed by atoms with E-state index in [9.17, 15) is 14.0 Å². The highest BCUT2D eigenvalue weighted by Crippen LogP contribution is 2.45. The average molecular weight is 290 g/mol. The van der Waals surface area contributed by atoms with E-state index in [4.69, 9.17) is 5.73 Å². The van der Waals surface area contributed by atoms with Crippen molar-refractivity contribution in [2.75, 3.05) is 10.6 Å². The summed E-state index contributed by atoms with van der Waals surface area (Å²) in [7, 11) is 0. The van der Waals surface area contributed by atoms with Gasteiger partial charge in [0.25, 0.3) is 0 Å². The van der Waals surface area contributed by atoms with Gasteiger partial charge in [-0.3, -0.25) is 9.59 Å². The third-order valence-electron chi connectivity index (χ3n) is 4.62. The van der Waals surface area contributed by atoms with Crippen LogP contribution in [-0.2, 0) is 9.59 Å². The Morgan fingerprint density at radius 2 is 1.71 bits per heavy atom. The molecule has 21 heavy (non-hydrogen) atoms. The molecule has 0 atom stereocenters. The second kappa shape index (κ2) is 5.13. The maximum Gasteiger partial charge on any atom is 0.240 e. The van der Waals surface area contributed by atoms with E-state index in [1.54, 1.807) is 0 Å². The van der Waals surface area contributed by atoms with Crippen LogP contribution in [0.3, 0.4) is 0 Å². The summed E-state index contributed by atoms with van der Waals surface area (Å²) in [5.74, 6) is -0.960. The highest BCUT2D eigenvalue weighted by atomic mass is 19.1. The van der Waals surface area contributed by atoms with E-state index < -0.39 is 11.2 Å². The van der Waals surface area contributed by atoms with Gasteiger partial charge in [0.1, 0.15) is 5.82 Å². The molecular formula is C16H19FN2O2. The SMILES string of the molecule is Nc1cc(F)cc(N2C(=O)CC3(CCCCCC3)C2=O)c1. The Morgan fingerprint density at radius 1 is 1.05 bits per heavy atom. The summed E-state index contributed by atoms with van der Waals surface area (Å²) in [6.07, 6.45) is 5.89. The molecule has 2 N–H and O–H groups in total. The Balaban J connectivity index is 1.96. The number of nitrogen functional groups attached to an aromatic ring is 1. The maximum absolute atomic E-state index is 13.5. The molecule has 1 spiro atoms. The number of hydrogen-bond acceptors (Lipinski definition) is 3. The van der Waals surface area contributed by atoms with E-state index in [0.29, 0.717) is 0 Å². The highest BCUT2D eigenvalue weighted by molar-refractivity contribution is 6.22. The molecule has 1 aliphatic heterocycles. The first-order valence-corrected chi connectivity index (χ1v) is 7.45. The van der Waals surface area contributed by atoms with Gasteiger partial charge >= 0.3 is 0 Å². The molecule has 1 heterocycles. The lowest BCUT2D eigenvalue weighted by molar-refractivity contribution is -0.126. The van der Waals surface area contributed by atoms with Crippen LogP contribution in [-0.4, -0.2) is 11.8 Å². The van der Waals surface area contributed by atoms with Crippen LogP contribution < -0.4 is 10.6 Å². The zero-order chi connectivity index (χ0) is 15.0. The quantitative estimate of drug-likeness (QED) is 0.638. The first-order chi connectivity index (χ1) is 10.0. The molecule has 0 bridgehead atoms. The molecule has 112 valence electrons. The number of imide groups is 1. The molecule has 0 aromatic heterocycles. The largest absolute Gasteiger partial charge is 0.399 e. The Kier molecular flexibility index (Phi) is 3.43. The number of halogens is 1.